The fraction of sp³-hybridized carbons (Fsp3) is 0.636. The molecule has 3 N–H and O–H groups in total. The Morgan fingerprint density at radius 2 is 2.35 bits per heavy atom. The summed E-state index contributed by atoms with van der Waals surface area (Å²) in [6, 6.07) is 0. The van der Waals surface area contributed by atoms with Gasteiger partial charge in [0, 0.05) is 18.5 Å². The number of rotatable bonds is 4. The Balaban J connectivity index is 2.64. The van der Waals surface area contributed by atoms with E-state index in [-0.39, 0.29) is 0 Å². The van der Waals surface area contributed by atoms with Crippen molar-refractivity contribution < 1.29 is 0 Å². The second-order valence-electron chi connectivity index (χ2n) is 4.42. The summed E-state index contributed by atoms with van der Waals surface area (Å²) < 4.78 is 0. The van der Waals surface area contributed by atoms with Gasteiger partial charge in [-0.05, 0) is 12.8 Å². The van der Waals surface area contributed by atoms with Crippen LogP contribution < -0.4 is 11.3 Å². The molecule has 1 aromatic heterocycles. The lowest BCUT2D eigenvalue weighted by Gasteiger charge is -2.20. The normalized spacial score (nSPS) is 12.0. The molecule has 1 aromatic rings. The van der Waals surface area contributed by atoms with Crippen molar-refractivity contribution in [2.75, 3.05) is 13.6 Å². The van der Waals surface area contributed by atoms with Crippen LogP contribution in [0.1, 0.15) is 24.4 Å². The number of nitrogens with two attached hydrogens (primary N) is 1. The van der Waals surface area contributed by atoms with Crippen molar-refractivity contribution in [3.63, 3.8) is 0 Å². The van der Waals surface area contributed by atoms with E-state index in [1.165, 1.54) is 4.88 Å². The Morgan fingerprint density at radius 1 is 1.65 bits per heavy atom. The standard InChI is InChI=1S/C11H21N5S/c1-8(2)5-13-11(15-12)16(4)6-10-9(3)14-7-17-10/h7-8H,5-6,12H2,1-4H3,(H,13,15). The molecule has 0 saturated carbocycles. The molecule has 1 rings (SSSR count). The summed E-state index contributed by atoms with van der Waals surface area (Å²) in [6.07, 6.45) is 0. The highest BCUT2D eigenvalue weighted by Gasteiger charge is 2.09. The molecule has 0 bridgehead atoms. The average molecular weight is 255 g/mol. The first-order valence-electron chi connectivity index (χ1n) is 5.65. The van der Waals surface area contributed by atoms with Crippen LogP contribution in [-0.4, -0.2) is 29.4 Å². The molecule has 17 heavy (non-hydrogen) atoms. The number of hydrogen-bond donors (Lipinski definition) is 2. The summed E-state index contributed by atoms with van der Waals surface area (Å²) in [5.41, 5.74) is 5.58. The van der Waals surface area contributed by atoms with E-state index < -0.39 is 0 Å². The number of aryl methyl sites for hydroxylation is 1. The van der Waals surface area contributed by atoms with Crippen LogP contribution in [0.3, 0.4) is 0 Å². The molecular formula is C11H21N5S. The fourth-order valence-corrected chi connectivity index (χ4v) is 2.14. The van der Waals surface area contributed by atoms with E-state index in [0.717, 1.165) is 18.8 Å². The van der Waals surface area contributed by atoms with E-state index in [0.29, 0.717) is 11.9 Å². The lowest BCUT2D eigenvalue weighted by molar-refractivity contribution is 0.476. The molecule has 0 fully saturated rings. The molecule has 0 radical (unpaired) electrons. The number of thiazole rings is 1. The van der Waals surface area contributed by atoms with Crippen LogP contribution in [0.2, 0.25) is 0 Å². The minimum Gasteiger partial charge on any atom is -0.340 e. The first-order valence-corrected chi connectivity index (χ1v) is 6.53. The first kappa shape index (κ1) is 13.9. The number of hydrogen-bond acceptors (Lipinski definition) is 4. The molecule has 0 aliphatic carbocycles. The average Bonchev–Trinajstić information content (AvgIpc) is 2.65. The van der Waals surface area contributed by atoms with Crippen LogP contribution >= 0.6 is 11.3 Å². The van der Waals surface area contributed by atoms with Crippen LogP contribution in [0.5, 0.6) is 0 Å². The van der Waals surface area contributed by atoms with Crippen LogP contribution in [0, 0.1) is 12.8 Å². The highest BCUT2D eigenvalue weighted by atomic mass is 32.1. The van der Waals surface area contributed by atoms with Gasteiger partial charge in [-0.3, -0.25) is 10.4 Å². The van der Waals surface area contributed by atoms with E-state index in [9.17, 15) is 0 Å². The zero-order chi connectivity index (χ0) is 12.8. The van der Waals surface area contributed by atoms with Crippen LogP contribution in [-0.2, 0) is 6.54 Å². The third-order valence-electron chi connectivity index (χ3n) is 2.32. The van der Waals surface area contributed by atoms with Crippen LogP contribution in [0.4, 0.5) is 0 Å². The molecule has 0 aromatic carbocycles. The number of aliphatic imine (C=N–C) groups is 1. The van der Waals surface area contributed by atoms with Gasteiger partial charge in [0.15, 0.2) is 0 Å². The predicted molar refractivity (Wildman–Crippen MR) is 72.8 cm³/mol. The monoisotopic (exact) mass is 255 g/mol. The van der Waals surface area contributed by atoms with Crippen LogP contribution in [0.25, 0.3) is 0 Å². The van der Waals surface area contributed by atoms with Crippen LogP contribution in [0.15, 0.2) is 10.5 Å². The summed E-state index contributed by atoms with van der Waals surface area (Å²) in [5.74, 6) is 6.73. The molecule has 0 unspecified atom stereocenters. The molecule has 6 heteroatoms. The maximum absolute atomic E-state index is 5.49. The molecule has 0 saturated heterocycles. The first-order chi connectivity index (χ1) is 8.04. The van der Waals surface area contributed by atoms with Crippen molar-refractivity contribution in [1.29, 1.82) is 0 Å². The molecule has 96 valence electrons. The quantitative estimate of drug-likeness (QED) is 0.369. The summed E-state index contributed by atoms with van der Waals surface area (Å²) in [7, 11) is 1.97. The number of hydrazine groups is 1. The van der Waals surface area contributed by atoms with E-state index in [4.69, 9.17) is 5.84 Å². The molecule has 0 amide bonds. The van der Waals surface area contributed by atoms with Crippen molar-refractivity contribution in [2.45, 2.75) is 27.3 Å². The lowest BCUT2D eigenvalue weighted by atomic mass is 10.2. The molecule has 0 atom stereocenters. The highest BCUT2D eigenvalue weighted by Crippen LogP contribution is 2.14. The number of aromatic nitrogens is 1. The maximum atomic E-state index is 5.49. The zero-order valence-corrected chi connectivity index (χ0v) is 11.7. The van der Waals surface area contributed by atoms with Gasteiger partial charge in [-0.1, -0.05) is 13.8 Å². The van der Waals surface area contributed by atoms with E-state index in [1.54, 1.807) is 11.3 Å². The Labute approximate surface area is 107 Å². The van der Waals surface area contributed by atoms with Gasteiger partial charge in [-0.2, -0.15) is 0 Å². The number of guanidine groups is 1. The topological polar surface area (TPSA) is 66.5 Å². The largest absolute Gasteiger partial charge is 0.340 e. The van der Waals surface area contributed by atoms with Gasteiger partial charge in [-0.25, -0.2) is 10.8 Å². The molecule has 5 nitrogen and oxygen atoms in total. The van der Waals surface area contributed by atoms with Gasteiger partial charge >= 0.3 is 0 Å². The Hall–Kier alpha value is -1.14. The molecular weight excluding hydrogens is 234 g/mol. The zero-order valence-electron chi connectivity index (χ0n) is 10.9. The van der Waals surface area contributed by atoms with Gasteiger partial charge < -0.3 is 4.90 Å². The van der Waals surface area contributed by atoms with Crippen molar-refractivity contribution >= 4 is 17.3 Å². The third-order valence-corrected chi connectivity index (χ3v) is 3.24. The second-order valence-corrected chi connectivity index (χ2v) is 5.36. The van der Waals surface area contributed by atoms with Crippen molar-refractivity contribution in [2.24, 2.45) is 16.8 Å². The van der Waals surface area contributed by atoms with E-state index >= 15 is 0 Å². The molecule has 0 spiro atoms. The molecule has 0 aliphatic rings. The number of nitrogens with zero attached hydrogens (tertiary/aromatic N) is 3. The predicted octanol–water partition coefficient (Wildman–Crippen LogP) is 1.36. The SMILES string of the molecule is Cc1ncsc1CN(C)C(=NCC(C)C)NN. The highest BCUT2D eigenvalue weighted by molar-refractivity contribution is 7.09. The van der Waals surface area contributed by atoms with E-state index in [1.807, 2.05) is 24.4 Å². The van der Waals surface area contributed by atoms with Crippen molar-refractivity contribution in [3.8, 4) is 0 Å². The van der Waals surface area contributed by atoms with Gasteiger partial charge in [-0.15, -0.1) is 11.3 Å². The number of nitrogens with one attached hydrogen (secondary N) is 1. The Bertz CT molecular complexity index is 372. The Morgan fingerprint density at radius 3 is 2.82 bits per heavy atom. The summed E-state index contributed by atoms with van der Waals surface area (Å²) >= 11 is 1.65. The molecule has 0 aliphatic heterocycles. The van der Waals surface area contributed by atoms with E-state index in [2.05, 4.69) is 29.2 Å². The third kappa shape index (κ3) is 4.32. The lowest BCUT2D eigenvalue weighted by Crippen LogP contribution is -2.42. The maximum Gasteiger partial charge on any atom is 0.208 e. The smallest absolute Gasteiger partial charge is 0.208 e. The van der Waals surface area contributed by atoms with Gasteiger partial charge in [0.2, 0.25) is 5.96 Å². The summed E-state index contributed by atoms with van der Waals surface area (Å²) in [6.45, 7) is 7.82. The van der Waals surface area contributed by atoms with Gasteiger partial charge in [0.25, 0.3) is 0 Å². The van der Waals surface area contributed by atoms with Gasteiger partial charge in [0.1, 0.15) is 0 Å². The summed E-state index contributed by atoms with van der Waals surface area (Å²) in [5, 5.41) is 0. The van der Waals surface area contributed by atoms with Crippen molar-refractivity contribution in [1.82, 2.24) is 15.3 Å². The fourth-order valence-electron chi connectivity index (χ4n) is 1.31. The second kappa shape index (κ2) is 6.56. The van der Waals surface area contributed by atoms with Crippen molar-refractivity contribution in [3.05, 3.63) is 16.1 Å². The molecule has 1 heterocycles. The van der Waals surface area contributed by atoms with Gasteiger partial charge in [0.05, 0.1) is 17.7 Å². The Kier molecular flexibility index (Phi) is 5.37. The summed E-state index contributed by atoms with van der Waals surface area (Å²) in [4.78, 5) is 11.9. The minimum atomic E-state index is 0.525. The minimum absolute atomic E-state index is 0.525.